The quantitative estimate of drug-likeness (QED) is 0.515. The average molecular weight is 269 g/mol. The molecule has 1 aromatic carbocycles. The number of nitro benzene ring substituents is 1. The van der Waals surface area contributed by atoms with Crippen molar-refractivity contribution >= 4 is 5.69 Å². The Bertz CT molecular complexity index is 449. The van der Waals surface area contributed by atoms with Gasteiger partial charge in [-0.1, -0.05) is 0 Å². The number of benzene rings is 1. The SMILES string of the molecule is O=[N+]([O-])c1ccc(F)cc1OC[C@H](O)C(F)(F)F. The van der Waals surface area contributed by atoms with Crippen LogP contribution in [-0.2, 0) is 0 Å². The summed E-state index contributed by atoms with van der Waals surface area (Å²) in [5.74, 6) is -1.58. The second kappa shape index (κ2) is 5.17. The van der Waals surface area contributed by atoms with E-state index >= 15 is 0 Å². The predicted molar refractivity (Wildman–Crippen MR) is 50.6 cm³/mol. The molecule has 9 heteroatoms. The molecule has 0 amide bonds. The summed E-state index contributed by atoms with van der Waals surface area (Å²) in [5.41, 5.74) is -0.689. The van der Waals surface area contributed by atoms with Crippen LogP contribution in [0.15, 0.2) is 18.2 Å². The summed E-state index contributed by atoms with van der Waals surface area (Å²) in [6.07, 6.45) is -7.72. The van der Waals surface area contributed by atoms with E-state index in [-0.39, 0.29) is 0 Å². The van der Waals surface area contributed by atoms with Crippen LogP contribution in [0.3, 0.4) is 0 Å². The molecule has 100 valence electrons. The van der Waals surface area contributed by atoms with Gasteiger partial charge >= 0.3 is 11.9 Å². The third kappa shape index (κ3) is 3.55. The second-order valence-corrected chi connectivity index (χ2v) is 3.24. The lowest BCUT2D eigenvalue weighted by molar-refractivity contribution is -0.386. The van der Waals surface area contributed by atoms with Crippen molar-refractivity contribution in [1.82, 2.24) is 0 Å². The van der Waals surface area contributed by atoms with Crippen molar-refractivity contribution in [3.05, 3.63) is 34.1 Å². The molecule has 1 aromatic rings. The molecule has 0 aromatic heterocycles. The zero-order valence-corrected chi connectivity index (χ0v) is 8.65. The summed E-state index contributed by atoms with van der Waals surface area (Å²) < 4.78 is 53.1. The van der Waals surface area contributed by atoms with Crippen LogP contribution in [0, 0.1) is 15.9 Å². The molecular formula is C9H7F4NO4. The smallest absolute Gasteiger partial charge is 0.417 e. The molecule has 0 spiro atoms. The van der Waals surface area contributed by atoms with E-state index in [1.54, 1.807) is 0 Å². The van der Waals surface area contributed by atoms with Crippen molar-refractivity contribution in [2.75, 3.05) is 6.61 Å². The van der Waals surface area contributed by atoms with Gasteiger partial charge in [-0.2, -0.15) is 13.2 Å². The van der Waals surface area contributed by atoms with E-state index in [2.05, 4.69) is 4.74 Å². The number of nitro groups is 1. The summed E-state index contributed by atoms with van der Waals surface area (Å²) in [5, 5.41) is 19.1. The van der Waals surface area contributed by atoms with Crippen LogP contribution in [0.1, 0.15) is 0 Å². The van der Waals surface area contributed by atoms with Crippen molar-refractivity contribution in [2.24, 2.45) is 0 Å². The zero-order chi connectivity index (χ0) is 13.9. The Hall–Kier alpha value is -1.90. The first-order chi connectivity index (χ1) is 8.21. The Morgan fingerprint density at radius 2 is 2.06 bits per heavy atom. The second-order valence-electron chi connectivity index (χ2n) is 3.24. The molecular weight excluding hydrogens is 262 g/mol. The monoisotopic (exact) mass is 269 g/mol. The van der Waals surface area contributed by atoms with Crippen molar-refractivity contribution in [2.45, 2.75) is 12.3 Å². The standard InChI is InChI=1S/C9H7F4NO4/c10-5-1-2-6(14(16)17)7(3-5)18-4-8(15)9(11,12)13/h1-3,8,15H,4H2/t8-/m0/s1. The molecule has 0 fully saturated rings. The maximum absolute atomic E-state index is 12.8. The fraction of sp³-hybridized carbons (Fsp3) is 0.333. The molecule has 0 bridgehead atoms. The molecule has 0 heterocycles. The Balaban J connectivity index is 2.84. The van der Waals surface area contributed by atoms with Gasteiger partial charge in [-0.05, 0) is 6.07 Å². The predicted octanol–water partition coefficient (Wildman–Crippen LogP) is 2.04. The lowest BCUT2D eigenvalue weighted by Crippen LogP contribution is -2.34. The molecule has 0 aliphatic rings. The van der Waals surface area contributed by atoms with Gasteiger partial charge in [0.05, 0.1) is 4.92 Å². The average Bonchev–Trinajstić information content (AvgIpc) is 2.24. The molecule has 0 radical (unpaired) electrons. The fourth-order valence-electron chi connectivity index (χ4n) is 1.02. The van der Waals surface area contributed by atoms with Crippen LogP contribution >= 0.6 is 0 Å². The van der Waals surface area contributed by atoms with E-state index in [9.17, 15) is 27.7 Å². The number of hydrogen-bond donors (Lipinski definition) is 1. The lowest BCUT2D eigenvalue weighted by atomic mass is 10.3. The number of nitrogens with zero attached hydrogens (tertiary/aromatic N) is 1. The lowest BCUT2D eigenvalue weighted by Gasteiger charge is -2.15. The molecule has 5 nitrogen and oxygen atoms in total. The van der Waals surface area contributed by atoms with Crippen LogP contribution in [0.4, 0.5) is 23.2 Å². The number of aliphatic hydroxyl groups excluding tert-OH is 1. The van der Waals surface area contributed by atoms with E-state index in [4.69, 9.17) is 5.11 Å². The number of ether oxygens (including phenoxy) is 1. The Morgan fingerprint density at radius 1 is 1.44 bits per heavy atom. The van der Waals surface area contributed by atoms with E-state index < -0.39 is 41.1 Å². The summed E-state index contributed by atoms with van der Waals surface area (Å²) in [6.45, 7) is -1.26. The van der Waals surface area contributed by atoms with Crippen molar-refractivity contribution < 1.29 is 32.3 Å². The third-order valence-electron chi connectivity index (χ3n) is 1.89. The zero-order valence-electron chi connectivity index (χ0n) is 8.65. The summed E-state index contributed by atoms with van der Waals surface area (Å²) in [7, 11) is 0. The van der Waals surface area contributed by atoms with Gasteiger partial charge in [-0.25, -0.2) is 4.39 Å². The van der Waals surface area contributed by atoms with Gasteiger partial charge in [0.25, 0.3) is 0 Å². The molecule has 1 rings (SSSR count). The summed E-state index contributed by atoms with van der Waals surface area (Å²) >= 11 is 0. The molecule has 0 aliphatic carbocycles. The van der Waals surface area contributed by atoms with Crippen molar-refractivity contribution in [3.8, 4) is 5.75 Å². The topological polar surface area (TPSA) is 72.6 Å². The molecule has 0 saturated carbocycles. The minimum atomic E-state index is -4.91. The summed E-state index contributed by atoms with van der Waals surface area (Å²) in [6, 6.07) is 2.09. The highest BCUT2D eigenvalue weighted by Crippen LogP contribution is 2.28. The van der Waals surface area contributed by atoms with Crippen LogP contribution in [0.25, 0.3) is 0 Å². The highest BCUT2D eigenvalue weighted by atomic mass is 19.4. The first-order valence-electron chi connectivity index (χ1n) is 4.53. The largest absolute Gasteiger partial charge is 0.484 e. The molecule has 1 N–H and O–H groups in total. The van der Waals surface area contributed by atoms with Gasteiger partial charge in [-0.3, -0.25) is 10.1 Å². The number of aliphatic hydroxyl groups is 1. The number of hydrogen-bond acceptors (Lipinski definition) is 4. The Labute approximate surface area is 97.7 Å². The molecule has 1 atom stereocenters. The third-order valence-corrected chi connectivity index (χ3v) is 1.89. The molecule has 0 aliphatic heterocycles. The first kappa shape index (κ1) is 14.2. The van der Waals surface area contributed by atoms with E-state index in [1.165, 1.54) is 0 Å². The van der Waals surface area contributed by atoms with Crippen molar-refractivity contribution in [1.29, 1.82) is 0 Å². The van der Waals surface area contributed by atoms with Crippen LogP contribution in [0.5, 0.6) is 5.75 Å². The van der Waals surface area contributed by atoms with E-state index in [1.807, 2.05) is 0 Å². The highest BCUT2D eigenvalue weighted by molar-refractivity contribution is 5.46. The number of halogens is 4. The Kier molecular flexibility index (Phi) is 4.07. The van der Waals surface area contributed by atoms with Crippen LogP contribution < -0.4 is 4.74 Å². The van der Waals surface area contributed by atoms with Gasteiger partial charge in [0.2, 0.25) is 0 Å². The maximum Gasteiger partial charge on any atom is 0.417 e. The van der Waals surface area contributed by atoms with Gasteiger partial charge in [0.1, 0.15) is 12.4 Å². The number of alkyl halides is 3. The van der Waals surface area contributed by atoms with Crippen LogP contribution in [-0.4, -0.2) is 28.9 Å². The highest BCUT2D eigenvalue weighted by Gasteiger charge is 2.39. The number of rotatable bonds is 4. The first-order valence-corrected chi connectivity index (χ1v) is 4.53. The molecule has 18 heavy (non-hydrogen) atoms. The fourth-order valence-corrected chi connectivity index (χ4v) is 1.02. The minimum Gasteiger partial charge on any atom is -0.484 e. The van der Waals surface area contributed by atoms with Gasteiger partial charge < -0.3 is 9.84 Å². The van der Waals surface area contributed by atoms with Gasteiger partial charge in [0, 0.05) is 12.1 Å². The minimum absolute atomic E-state index is 0.571. The van der Waals surface area contributed by atoms with Crippen LogP contribution in [0.2, 0.25) is 0 Å². The maximum atomic E-state index is 12.8. The van der Waals surface area contributed by atoms with E-state index in [0.717, 1.165) is 12.1 Å². The van der Waals surface area contributed by atoms with Gasteiger partial charge in [0.15, 0.2) is 11.9 Å². The Morgan fingerprint density at radius 3 is 2.56 bits per heavy atom. The van der Waals surface area contributed by atoms with Crippen molar-refractivity contribution in [3.63, 3.8) is 0 Å². The summed E-state index contributed by atoms with van der Waals surface area (Å²) in [4.78, 5) is 9.56. The van der Waals surface area contributed by atoms with Gasteiger partial charge in [-0.15, -0.1) is 0 Å². The normalized spacial score (nSPS) is 13.2. The molecule has 0 saturated heterocycles. The van der Waals surface area contributed by atoms with E-state index in [0.29, 0.717) is 6.07 Å². The molecule has 0 unspecified atom stereocenters.